The maximum atomic E-state index is 2.45. The highest BCUT2D eigenvalue weighted by Crippen LogP contribution is 2.55. The van der Waals surface area contributed by atoms with Gasteiger partial charge in [-0.1, -0.05) is 115 Å². The minimum Gasteiger partial charge on any atom is -0.143 e. The number of fused-ring (bicyclic) bond motifs is 3. The van der Waals surface area contributed by atoms with Crippen LogP contribution in [0.15, 0.2) is 35.7 Å². The SMILES string of the molecule is CCCCCCCCC1(CCCCCCCC)c2ccccc2-c2sccc21. The van der Waals surface area contributed by atoms with Crippen molar-refractivity contribution in [3.8, 4) is 10.4 Å². The van der Waals surface area contributed by atoms with E-state index in [9.17, 15) is 0 Å². The molecule has 1 aliphatic rings. The third kappa shape index (κ3) is 4.90. The number of hydrogen-bond acceptors (Lipinski definition) is 1. The summed E-state index contributed by atoms with van der Waals surface area (Å²) in [6, 6.07) is 11.8. The van der Waals surface area contributed by atoms with E-state index in [1.165, 1.54) is 95.5 Å². The molecular formula is C27H40S. The molecular weight excluding hydrogens is 356 g/mol. The Morgan fingerprint density at radius 2 is 1.21 bits per heavy atom. The van der Waals surface area contributed by atoms with E-state index in [0.717, 1.165) is 0 Å². The number of rotatable bonds is 14. The van der Waals surface area contributed by atoms with Crippen molar-refractivity contribution in [2.24, 2.45) is 0 Å². The summed E-state index contributed by atoms with van der Waals surface area (Å²) >= 11 is 1.96. The van der Waals surface area contributed by atoms with Gasteiger partial charge in [-0.25, -0.2) is 0 Å². The Labute approximate surface area is 177 Å². The largest absolute Gasteiger partial charge is 0.143 e. The minimum absolute atomic E-state index is 0.293. The van der Waals surface area contributed by atoms with Gasteiger partial charge < -0.3 is 0 Å². The Kier molecular flexibility index (Phi) is 8.65. The molecule has 28 heavy (non-hydrogen) atoms. The van der Waals surface area contributed by atoms with Crippen molar-refractivity contribution in [3.63, 3.8) is 0 Å². The van der Waals surface area contributed by atoms with Gasteiger partial charge in [-0.05, 0) is 41.0 Å². The lowest BCUT2D eigenvalue weighted by Gasteiger charge is -2.32. The van der Waals surface area contributed by atoms with E-state index in [0.29, 0.717) is 5.41 Å². The lowest BCUT2D eigenvalue weighted by Crippen LogP contribution is -2.25. The highest BCUT2D eigenvalue weighted by Gasteiger charge is 2.42. The second-order valence-electron chi connectivity index (χ2n) is 8.83. The molecule has 2 aromatic rings. The maximum absolute atomic E-state index is 2.45. The van der Waals surface area contributed by atoms with Gasteiger partial charge in [0.25, 0.3) is 0 Å². The van der Waals surface area contributed by atoms with Crippen molar-refractivity contribution in [2.75, 3.05) is 0 Å². The lowest BCUT2D eigenvalue weighted by atomic mass is 9.71. The quantitative estimate of drug-likeness (QED) is 0.279. The van der Waals surface area contributed by atoms with Gasteiger partial charge >= 0.3 is 0 Å². The first-order valence-electron chi connectivity index (χ1n) is 12.0. The van der Waals surface area contributed by atoms with E-state index < -0.39 is 0 Å². The molecule has 0 unspecified atom stereocenters. The summed E-state index contributed by atoms with van der Waals surface area (Å²) in [5.41, 5.74) is 5.12. The molecule has 0 bridgehead atoms. The summed E-state index contributed by atoms with van der Waals surface area (Å²) in [5.74, 6) is 0. The molecule has 1 aromatic carbocycles. The molecule has 0 fully saturated rings. The Bertz CT molecular complexity index is 680. The molecule has 154 valence electrons. The van der Waals surface area contributed by atoms with Crippen LogP contribution in [0.5, 0.6) is 0 Å². The zero-order valence-electron chi connectivity index (χ0n) is 18.3. The van der Waals surface area contributed by atoms with Crippen LogP contribution in [0.2, 0.25) is 0 Å². The van der Waals surface area contributed by atoms with Crippen molar-refractivity contribution in [2.45, 2.75) is 109 Å². The molecule has 0 N–H and O–H groups in total. The van der Waals surface area contributed by atoms with E-state index >= 15 is 0 Å². The standard InChI is InChI=1S/C27H40S/c1-3-5-7-9-11-15-20-27(21-16-12-10-8-6-4-2)24-18-14-13-17-23(24)26-25(27)19-22-28-26/h13-14,17-19,22H,3-12,15-16,20-21H2,1-2H3. The predicted molar refractivity (Wildman–Crippen MR) is 127 cm³/mol. The fraction of sp³-hybridized carbons (Fsp3) is 0.630. The van der Waals surface area contributed by atoms with E-state index in [4.69, 9.17) is 0 Å². The first-order chi connectivity index (χ1) is 13.8. The second kappa shape index (κ2) is 11.2. The van der Waals surface area contributed by atoms with E-state index in [1.54, 1.807) is 16.0 Å². The average molecular weight is 397 g/mol. The van der Waals surface area contributed by atoms with Crippen LogP contribution in [0, 0.1) is 0 Å². The molecule has 1 aliphatic carbocycles. The van der Waals surface area contributed by atoms with Gasteiger partial charge in [-0.15, -0.1) is 11.3 Å². The minimum atomic E-state index is 0.293. The number of hydrogen-bond donors (Lipinski definition) is 0. The molecule has 0 nitrogen and oxygen atoms in total. The maximum Gasteiger partial charge on any atom is 0.0386 e. The third-order valence-corrected chi connectivity index (χ3v) is 7.73. The first kappa shape index (κ1) is 21.6. The van der Waals surface area contributed by atoms with Crippen molar-refractivity contribution in [1.29, 1.82) is 0 Å². The van der Waals surface area contributed by atoms with E-state index in [-0.39, 0.29) is 0 Å². The summed E-state index contributed by atoms with van der Waals surface area (Å²) in [6.07, 6.45) is 19.4. The summed E-state index contributed by atoms with van der Waals surface area (Å²) < 4.78 is 0. The fourth-order valence-electron chi connectivity index (χ4n) is 5.22. The molecule has 0 aliphatic heterocycles. The normalized spacial score (nSPS) is 14.2. The predicted octanol–water partition coefficient (Wildman–Crippen LogP) is 9.52. The number of unbranched alkanes of at least 4 members (excludes halogenated alkanes) is 10. The van der Waals surface area contributed by atoms with Crippen LogP contribution in [0.4, 0.5) is 0 Å². The highest BCUT2D eigenvalue weighted by molar-refractivity contribution is 7.14. The fourth-order valence-corrected chi connectivity index (χ4v) is 6.25. The third-order valence-electron chi connectivity index (χ3n) is 6.78. The van der Waals surface area contributed by atoms with Gasteiger partial charge in [0.1, 0.15) is 0 Å². The zero-order chi connectivity index (χ0) is 19.7. The Hall–Kier alpha value is -1.08. The molecule has 0 saturated carbocycles. The van der Waals surface area contributed by atoms with Crippen molar-refractivity contribution in [3.05, 3.63) is 46.8 Å². The molecule has 0 radical (unpaired) electrons. The van der Waals surface area contributed by atoms with Crippen LogP contribution in [0.25, 0.3) is 10.4 Å². The monoisotopic (exact) mass is 396 g/mol. The molecule has 0 atom stereocenters. The van der Waals surface area contributed by atoms with Gasteiger partial charge in [0.05, 0.1) is 0 Å². The Morgan fingerprint density at radius 1 is 0.643 bits per heavy atom. The van der Waals surface area contributed by atoms with Crippen LogP contribution >= 0.6 is 11.3 Å². The number of benzene rings is 1. The van der Waals surface area contributed by atoms with Gasteiger partial charge in [0.15, 0.2) is 0 Å². The van der Waals surface area contributed by atoms with Gasteiger partial charge in [0.2, 0.25) is 0 Å². The topological polar surface area (TPSA) is 0 Å². The molecule has 3 rings (SSSR count). The summed E-state index contributed by atoms with van der Waals surface area (Å²) in [4.78, 5) is 1.56. The van der Waals surface area contributed by atoms with Crippen molar-refractivity contribution in [1.82, 2.24) is 0 Å². The van der Waals surface area contributed by atoms with Gasteiger partial charge in [-0.2, -0.15) is 0 Å². The van der Waals surface area contributed by atoms with Crippen LogP contribution < -0.4 is 0 Å². The molecule has 1 heteroatoms. The van der Waals surface area contributed by atoms with E-state index in [1.807, 2.05) is 11.3 Å². The van der Waals surface area contributed by atoms with Crippen molar-refractivity contribution < 1.29 is 0 Å². The van der Waals surface area contributed by atoms with Gasteiger partial charge in [0, 0.05) is 10.3 Å². The van der Waals surface area contributed by atoms with Crippen LogP contribution in [-0.4, -0.2) is 0 Å². The summed E-state index contributed by atoms with van der Waals surface area (Å²) in [5, 5.41) is 2.33. The Balaban J connectivity index is 1.70. The van der Waals surface area contributed by atoms with E-state index in [2.05, 4.69) is 49.6 Å². The second-order valence-corrected chi connectivity index (χ2v) is 9.74. The average Bonchev–Trinajstić information content (AvgIpc) is 3.30. The molecule has 1 heterocycles. The first-order valence-corrected chi connectivity index (χ1v) is 12.9. The molecule has 0 spiro atoms. The van der Waals surface area contributed by atoms with Crippen LogP contribution in [0.1, 0.15) is 115 Å². The Morgan fingerprint density at radius 3 is 1.86 bits per heavy atom. The molecule has 0 saturated heterocycles. The lowest BCUT2D eigenvalue weighted by molar-refractivity contribution is 0.398. The molecule has 0 amide bonds. The summed E-state index contributed by atoms with van der Waals surface area (Å²) in [6.45, 7) is 4.62. The van der Waals surface area contributed by atoms with Crippen LogP contribution in [0.3, 0.4) is 0 Å². The zero-order valence-corrected chi connectivity index (χ0v) is 19.1. The van der Waals surface area contributed by atoms with Gasteiger partial charge in [-0.3, -0.25) is 0 Å². The van der Waals surface area contributed by atoms with Crippen LogP contribution in [-0.2, 0) is 5.41 Å². The smallest absolute Gasteiger partial charge is 0.0386 e. The highest BCUT2D eigenvalue weighted by atomic mass is 32.1. The molecule has 1 aromatic heterocycles. The van der Waals surface area contributed by atoms with Crippen molar-refractivity contribution >= 4 is 11.3 Å². The number of thiophene rings is 1. The summed E-state index contributed by atoms with van der Waals surface area (Å²) in [7, 11) is 0.